The largest absolute Gasteiger partial charge is 0.324 e. The van der Waals surface area contributed by atoms with Crippen molar-refractivity contribution in [2.24, 2.45) is 11.3 Å². The van der Waals surface area contributed by atoms with E-state index in [2.05, 4.69) is 30.7 Å². The summed E-state index contributed by atoms with van der Waals surface area (Å²) >= 11 is 12.5. The first-order valence-electron chi connectivity index (χ1n) is 6.63. The van der Waals surface area contributed by atoms with E-state index in [-0.39, 0.29) is 0 Å². The lowest BCUT2D eigenvalue weighted by Crippen LogP contribution is -2.26. The van der Waals surface area contributed by atoms with Crippen molar-refractivity contribution in [3.8, 4) is 0 Å². The third kappa shape index (κ3) is 2.32. The molecule has 0 saturated carbocycles. The summed E-state index contributed by atoms with van der Waals surface area (Å²) in [5, 5.41) is 1.20. The highest BCUT2D eigenvalue weighted by Crippen LogP contribution is 2.42. The van der Waals surface area contributed by atoms with E-state index in [4.69, 9.17) is 24.4 Å². The van der Waals surface area contributed by atoms with Crippen LogP contribution in [0, 0.1) is 20.7 Å². The molecule has 1 aliphatic rings. The molecule has 0 spiro atoms. The monoisotopic (exact) mass is 310 g/mol. The number of aromatic amines is 2. The lowest BCUT2D eigenvalue weighted by Gasteiger charge is -2.33. The highest BCUT2D eigenvalue weighted by atomic mass is 32.1. The van der Waals surface area contributed by atoms with Gasteiger partial charge in [-0.3, -0.25) is 0 Å². The molecule has 102 valence electrons. The Morgan fingerprint density at radius 3 is 2.63 bits per heavy atom. The Labute approximate surface area is 127 Å². The van der Waals surface area contributed by atoms with E-state index < -0.39 is 0 Å². The van der Waals surface area contributed by atoms with Crippen LogP contribution in [0.15, 0.2) is 0 Å². The zero-order valence-corrected chi connectivity index (χ0v) is 13.9. The molecule has 3 rings (SSSR count). The van der Waals surface area contributed by atoms with Crippen LogP contribution in [0.5, 0.6) is 0 Å². The van der Waals surface area contributed by atoms with Gasteiger partial charge in [0.1, 0.15) is 9.47 Å². The van der Waals surface area contributed by atoms with Gasteiger partial charge in [-0.2, -0.15) is 0 Å². The maximum Gasteiger partial charge on any atom is 0.176 e. The molecule has 2 heterocycles. The Morgan fingerprint density at radius 1 is 1.21 bits per heavy atom. The first-order valence-corrected chi connectivity index (χ1v) is 8.26. The van der Waals surface area contributed by atoms with Gasteiger partial charge < -0.3 is 9.97 Å². The van der Waals surface area contributed by atoms with Gasteiger partial charge in [-0.1, -0.05) is 33.0 Å². The normalized spacial score (nSPS) is 19.6. The molecule has 0 amide bonds. The molecule has 2 aromatic rings. The van der Waals surface area contributed by atoms with Crippen LogP contribution in [0.3, 0.4) is 0 Å². The predicted octanol–water partition coefficient (Wildman–Crippen LogP) is 5.17. The number of thiophene rings is 1. The van der Waals surface area contributed by atoms with E-state index in [1.54, 1.807) is 0 Å². The number of hydrogen-bond donors (Lipinski definition) is 2. The summed E-state index contributed by atoms with van der Waals surface area (Å²) in [5.74, 6) is 0.758. The van der Waals surface area contributed by atoms with Crippen LogP contribution >= 0.6 is 35.8 Å². The van der Waals surface area contributed by atoms with E-state index in [9.17, 15) is 0 Å². The smallest absolute Gasteiger partial charge is 0.176 e. The molecular formula is C14H18N2S3. The highest BCUT2D eigenvalue weighted by molar-refractivity contribution is 7.72. The standard InChI is InChI=1S/C14H18N2S3/c1-14(2,3)7-4-5-8-9(6-7)19-12-10(8)11(17)15-13(18)16-12/h7H,4-6H2,1-3H3,(H2,15,16,17,18). The molecule has 2 aromatic heterocycles. The van der Waals surface area contributed by atoms with E-state index in [1.165, 1.54) is 28.7 Å². The topological polar surface area (TPSA) is 31.6 Å². The van der Waals surface area contributed by atoms with Crippen molar-refractivity contribution in [3.05, 3.63) is 19.9 Å². The van der Waals surface area contributed by atoms with Gasteiger partial charge in [-0.15, -0.1) is 11.3 Å². The maximum atomic E-state index is 5.45. The van der Waals surface area contributed by atoms with Gasteiger partial charge in [-0.05, 0) is 48.4 Å². The first-order chi connectivity index (χ1) is 8.86. The van der Waals surface area contributed by atoms with E-state index in [0.717, 1.165) is 21.8 Å². The number of H-pyrrole nitrogens is 2. The highest BCUT2D eigenvalue weighted by Gasteiger charge is 2.30. The molecule has 19 heavy (non-hydrogen) atoms. The molecule has 1 atom stereocenters. The molecule has 0 aromatic carbocycles. The predicted molar refractivity (Wildman–Crippen MR) is 87.2 cm³/mol. The Bertz CT molecular complexity index is 743. The third-order valence-corrected chi connectivity index (χ3v) is 5.85. The minimum atomic E-state index is 0.379. The van der Waals surface area contributed by atoms with E-state index >= 15 is 0 Å². The number of hydrogen-bond acceptors (Lipinski definition) is 3. The quantitative estimate of drug-likeness (QED) is 0.658. The van der Waals surface area contributed by atoms with Crippen LogP contribution in [0.1, 0.15) is 37.6 Å². The van der Waals surface area contributed by atoms with Crippen molar-refractivity contribution in [1.29, 1.82) is 0 Å². The average molecular weight is 311 g/mol. The summed E-state index contributed by atoms with van der Waals surface area (Å²) in [7, 11) is 0. The summed E-state index contributed by atoms with van der Waals surface area (Å²) in [6, 6.07) is 0. The van der Waals surface area contributed by atoms with Crippen molar-refractivity contribution in [2.75, 3.05) is 0 Å². The molecule has 0 radical (unpaired) electrons. The molecule has 0 aliphatic heterocycles. The molecule has 0 saturated heterocycles. The lowest BCUT2D eigenvalue weighted by atomic mass is 9.72. The molecule has 1 unspecified atom stereocenters. The molecule has 2 nitrogen and oxygen atoms in total. The van der Waals surface area contributed by atoms with Gasteiger partial charge in [0.25, 0.3) is 0 Å². The fourth-order valence-corrected chi connectivity index (χ4v) is 5.02. The number of aryl methyl sites for hydroxylation is 1. The van der Waals surface area contributed by atoms with Crippen molar-refractivity contribution in [3.63, 3.8) is 0 Å². The summed E-state index contributed by atoms with van der Waals surface area (Å²) < 4.78 is 1.42. The Balaban J connectivity index is 2.16. The Morgan fingerprint density at radius 2 is 1.95 bits per heavy atom. The van der Waals surface area contributed by atoms with Crippen LogP contribution in [0.4, 0.5) is 0 Å². The SMILES string of the molecule is CC(C)(C)C1CCc2c(sc3[nH]c(=S)[nH]c(=S)c23)C1. The number of rotatable bonds is 0. The van der Waals surface area contributed by atoms with Crippen LogP contribution in [-0.4, -0.2) is 9.97 Å². The fourth-order valence-electron chi connectivity index (χ4n) is 2.95. The van der Waals surface area contributed by atoms with Gasteiger partial charge in [-0.25, -0.2) is 0 Å². The summed E-state index contributed by atoms with van der Waals surface area (Å²) in [4.78, 5) is 8.97. The van der Waals surface area contributed by atoms with Gasteiger partial charge >= 0.3 is 0 Å². The molecule has 2 N–H and O–H groups in total. The molecule has 1 aliphatic carbocycles. The molecule has 0 bridgehead atoms. The molecule has 0 fully saturated rings. The molecular weight excluding hydrogens is 292 g/mol. The lowest BCUT2D eigenvalue weighted by molar-refractivity contribution is 0.218. The van der Waals surface area contributed by atoms with Crippen LogP contribution in [0.25, 0.3) is 10.2 Å². The Kier molecular flexibility index (Phi) is 3.19. The molecule has 5 heteroatoms. The second-order valence-electron chi connectivity index (χ2n) is 6.42. The Hall–Kier alpha value is -0.520. The second kappa shape index (κ2) is 4.50. The van der Waals surface area contributed by atoms with Crippen molar-refractivity contribution < 1.29 is 0 Å². The van der Waals surface area contributed by atoms with Crippen LogP contribution in [-0.2, 0) is 12.8 Å². The average Bonchev–Trinajstić information content (AvgIpc) is 2.64. The van der Waals surface area contributed by atoms with Crippen molar-refractivity contribution in [2.45, 2.75) is 40.0 Å². The van der Waals surface area contributed by atoms with Crippen molar-refractivity contribution >= 4 is 46.0 Å². The minimum Gasteiger partial charge on any atom is -0.324 e. The summed E-state index contributed by atoms with van der Waals surface area (Å²) in [6.07, 6.45) is 3.57. The third-order valence-electron chi connectivity index (χ3n) is 4.17. The van der Waals surface area contributed by atoms with Gasteiger partial charge in [0.2, 0.25) is 0 Å². The zero-order valence-electron chi connectivity index (χ0n) is 11.4. The van der Waals surface area contributed by atoms with Crippen molar-refractivity contribution in [1.82, 2.24) is 9.97 Å². The van der Waals surface area contributed by atoms with Crippen LogP contribution < -0.4 is 0 Å². The van der Waals surface area contributed by atoms with Gasteiger partial charge in [0, 0.05) is 10.3 Å². The first kappa shape index (κ1) is 13.5. The zero-order chi connectivity index (χ0) is 13.8. The maximum absolute atomic E-state index is 5.45. The van der Waals surface area contributed by atoms with Crippen LogP contribution in [0.2, 0.25) is 0 Å². The van der Waals surface area contributed by atoms with E-state index in [0.29, 0.717) is 10.2 Å². The number of fused-ring (bicyclic) bond motifs is 3. The van der Waals surface area contributed by atoms with E-state index in [1.807, 2.05) is 11.3 Å². The second-order valence-corrected chi connectivity index (χ2v) is 8.34. The summed E-state index contributed by atoms with van der Waals surface area (Å²) in [6.45, 7) is 7.03. The minimum absolute atomic E-state index is 0.379. The number of nitrogens with one attached hydrogen (secondary N) is 2. The fraction of sp³-hybridized carbons (Fsp3) is 0.571. The summed E-state index contributed by atoms with van der Waals surface area (Å²) in [5.41, 5.74) is 1.83. The van der Waals surface area contributed by atoms with Gasteiger partial charge in [0.15, 0.2) is 4.77 Å². The number of aromatic nitrogens is 2. The van der Waals surface area contributed by atoms with Gasteiger partial charge in [0.05, 0.1) is 0 Å².